The molecule has 0 saturated heterocycles. The van der Waals surface area contributed by atoms with E-state index < -0.39 is 47.0 Å². The number of esters is 1. The molecule has 0 aliphatic heterocycles. The van der Waals surface area contributed by atoms with Gasteiger partial charge < -0.3 is 9.47 Å². The minimum Gasteiger partial charge on any atom is -0.462 e. The third kappa shape index (κ3) is 4.14. The van der Waals surface area contributed by atoms with Gasteiger partial charge in [-0.2, -0.15) is 39.5 Å². The second-order valence-electron chi connectivity index (χ2n) is 4.96. The summed E-state index contributed by atoms with van der Waals surface area (Å²) in [6.45, 7) is 4.37. The van der Waals surface area contributed by atoms with E-state index in [0.29, 0.717) is 6.07 Å². The van der Waals surface area contributed by atoms with E-state index in [-0.39, 0.29) is 6.61 Å². The lowest BCUT2D eigenvalue weighted by Gasteiger charge is -2.33. The predicted molar refractivity (Wildman–Crippen MR) is 73.6 cm³/mol. The summed E-state index contributed by atoms with van der Waals surface area (Å²) in [5.74, 6) is -16.5. The van der Waals surface area contributed by atoms with Gasteiger partial charge in [-0.15, -0.1) is 0 Å². The molecule has 0 N–H and O–H groups in total. The number of halogens is 9. The van der Waals surface area contributed by atoms with Crippen LogP contribution in [0.2, 0.25) is 0 Å². The lowest BCUT2D eigenvalue weighted by molar-refractivity contribution is -0.428. The molecule has 0 radical (unpaired) electrons. The second-order valence-corrected chi connectivity index (χ2v) is 4.96. The van der Waals surface area contributed by atoms with E-state index in [1.54, 1.807) is 0 Å². The Labute approximate surface area is 146 Å². The van der Waals surface area contributed by atoms with Crippen molar-refractivity contribution < 1.29 is 53.8 Å². The number of hydrogen-bond acceptors (Lipinski definition) is 3. The van der Waals surface area contributed by atoms with Crippen molar-refractivity contribution in [1.82, 2.24) is 0 Å². The standard InChI is InChI=1S/C15H11F9O3/c1-3-26-11(25)8(2)9-6-4-5-7-10(9)27-15(23,24)13(18,19)12(16,17)14(20,21)22/h4-7H,2-3H2,1H3. The Hall–Kier alpha value is -2.40. The summed E-state index contributed by atoms with van der Waals surface area (Å²) in [6, 6.07) is 3.46. The highest BCUT2D eigenvalue weighted by molar-refractivity contribution is 6.16. The maximum atomic E-state index is 13.6. The van der Waals surface area contributed by atoms with Crippen molar-refractivity contribution in [3.63, 3.8) is 0 Å². The van der Waals surface area contributed by atoms with Crippen molar-refractivity contribution >= 4 is 11.5 Å². The summed E-state index contributed by atoms with van der Waals surface area (Å²) in [4.78, 5) is 11.6. The fourth-order valence-corrected chi connectivity index (χ4v) is 1.70. The Morgan fingerprint density at radius 2 is 1.48 bits per heavy atom. The van der Waals surface area contributed by atoms with E-state index >= 15 is 0 Å². The first-order valence-electron chi connectivity index (χ1n) is 6.94. The zero-order chi connectivity index (χ0) is 21.3. The number of alkyl halides is 9. The van der Waals surface area contributed by atoms with Crippen LogP contribution in [0.15, 0.2) is 30.8 Å². The fraction of sp³-hybridized carbons (Fsp3) is 0.400. The third-order valence-electron chi connectivity index (χ3n) is 3.09. The quantitative estimate of drug-likeness (QED) is 0.358. The molecule has 0 aromatic heterocycles. The minimum absolute atomic E-state index is 0.174. The van der Waals surface area contributed by atoms with Gasteiger partial charge >= 0.3 is 30.1 Å². The van der Waals surface area contributed by atoms with E-state index in [9.17, 15) is 44.3 Å². The zero-order valence-corrected chi connectivity index (χ0v) is 13.4. The van der Waals surface area contributed by atoms with Crippen molar-refractivity contribution in [1.29, 1.82) is 0 Å². The number of hydrogen-bond donors (Lipinski definition) is 0. The molecule has 0 bridgehead atoms. The summed E-state index contributed by atoms with van der Waals surface area (Å²) in [6.07, 6.45) is -13.3. The topological polar surface area (TPSA) is 35.5 Å². The summed E-state index contributed by atoms with van der Waals surface area (Å²) in [7, 11) is 0. The number of para-hydroxylation sites is 1. The number of carbonyl (C=O) groups excluding carboxylic acids is 1. The van der Waals surface area contributed by atoms with Gasteiger partial charge in [0.2, 0.25) is 0 Å². The van der Waals surface area contributed by atoms with E-state index in [2.05, 4.69) is 16.1 Å². The molecule has 0 aliphatic rings. The van der Waals surface area contributed by atoms with Crippen LogP contribution in [-0.2, 0) is 9.53 Å². The van der Waals surface area contributed by atoms with Crippen molar-refractivity contribution in [2.24, 2.45) is 0 Å². The maximum Gasteiger partial charge on any atom is 0.471 e. The lowest BCUT2D eigenvalue weighted by atomic mass is 10.1. The number of ether oxygens (including phenoxy) is 2. The van der Waals surface area contributed by atoms with Crippen LogP contribution in [0, 0.1) is 0 Å². The van der Waals surface area contributed by atoms with Crippen LogP contribution in [0.4, 0.5) is 39.5 Å². The first-order chi connectivity index (χ1) is 12.1. The zero-order valence-electron chi connectivity index (χ0n) is 13.4. The SMILES string of the molecule is C=C(C(=O)OCC)c1ccccc1OC(F)(F)C(F)(F)C(F)(F)C(F)(F)F. The Morgan fingerprint density at radius 3 is 1.96 bits per heavy atom. The van der Waals surface area contributed by atoms with Gasteiger partial charge in [-0.25, -0.2) is 4.79 Å². The van der Waals surface area contributed by atoms with Gasteiger partial charge in [0, 0.05) is 5.56 Å². The molecule has 152 valence electrons. The van der Waals surface area contributed by atoms with Crippen molar-refractivity contribution in [3.05, 3.63) is 36.4 Å². The van der Waals surface area contributed by atoms with Crippen LogP contribution in [0.1, 0.15) is 12.5 Å². The Kier molecular flexibility index (Phi) is 6.13. The smallest absolute Gasteiger partial charge is 0.462 e. The van der Waals surface area contributed by atoms with E-state index in [1.807, 2.05) is 0 Å². The van der Waals surface area contributed by atoms with Gasteiger partial charge in [-0.05, 0) is 13.0 Å². The number of carbonyl (C=O) groups is 1. The molecule has 0 unspecified atom stereocenters. The molecule has 0 heterocycles. The fourth-order valence-electron chi connectivity index (χ4n) is 1.70. The van der Waals surface area contributed by atoms with Crippen molar-refractivity contribution in [2.45, 2.75) is 31.1 Å². The third-order valence-corrected chi connectivity index (χ3v) is 3.09. The van der Waals surface area contributed by atoms with Crippen LogP contribution in [0.3, 0.4) is 0 Å². The molecule has 1 aromatic carbocycles. The van der Waals surface area contributed by atoms with Crippen LogP contribution in [0.5, 0.6) is 5.75 Å². The first-order valence-corrected chi connectivity index (χ1v) is 6.94. The van der Waals surface area contributed by atoms with Gasteiger partial charge in [0.15, 0.2) is 0 Å². The highest BCUT2D eigenvalue weighted by Gasteiger charge is 2.83. The van der Waals surface area contributed by atoms with Gasteiger partial charge in [0.1, 0.15) is 5.75 Å². The summed E-state index contributed by atoms with van der Waals surface area (Å²) >= 11 is 0. The molecule has 3 nitrogen and oxygen atoms in total. The van der Waals surface area contributed by atoms with Crippen LogP contribution < -0.4 is 4.74 Å². The highest BCUT2D eigenvalue weighted by Crippen LogP contribution is 2.53. The Morgan fingerprint density at radius 1 is 0.963 bits per heavy atom. The molecule has 0 saturated carbocycles. The van der Waals surface area contributed by atoms with E-state index in [0.717, 1.165) is 18.2 Å². The highest BCUT2D eigenvalue weighted by atomic mass is 19.4. The monoisotopic (exact) mass is 410 g/mol. The molecular weight excluding hydrogens is 399 g/mol. The molecule has 27 heavy (non-hydrogen) atoms. The van der Waals surface area contributed by atoms with Gasteiger partial charge in [-0.1, -0.05) is 24.8 Å². The van der Waals surface area contributed by atoms with Gasteiger partial charge in [-0.3, -0.25) is 0 Å². The predicted octanol–water partition coefficient (Wildman–Crippen LogP) is 5.07. The summed E-state index contributed by atoms with van der Waals surface area (Å²) in [5, 5.41) is 0. The van der Waals surface area contributed by atoms with Crippen molar-refractivity contribution in [2.75, 3.05) is 6.61 Å². The van der Waals surface area contributed by atoms with Crippen molar-refractivity contribution in [3.8, 4) is 5.75 Å². The summed E-state index contributed by atoms with van der Waals surface area (Å²) < 4.78 is 124. The van der Waals surface area contributed by atoms with Gasteiger partial charge in [0.05, 0.1) is 12.2 Å². The largest absolute Gasteiger partial charge is 0.471 e. The second kappa shape index (κ2) is 7.31. The van der Waals surface area contributed by atoms with E-state index in [1.165, 1.54) is 6.92 Å². The molecule has 0 aliphatic carbocycles. The molecular formula is C15H11F9O3. The molecule has 0 amide bonds. The normalized spacial score (nSPS) is 13.3. The number of rotatable bonds is 7. The average molecular weight is 410 g/mol. The van der Waals surface area contributed by atoms with Crippen LogP contribution >= 0.6 is 0 Å². The van der Waals surface area contributed by atoms with E-state index in [4.69, 9.17) is 0 Å². The molecule has 0 fully saturated rings. The number of benzene rings is 1. The van der Waals surface area contributed by atoms with Crippen LogP contribution in [0.25, 0.3) is 5.57 Å². The van der Waals surface area contributed by atoms with Crippen LogP contribution in [-0.4, -0.2) is 36.7 Å². The minimum atomic E-state index is -7.10. The molecule has 12 heteroatoms. The molecule has 1 aromatic rings. The first kappa shape index (κ1) is 22.6. The lowest BCUT2D eigenvalue weighted by Crippen LogP contribution is -2.62. The van der Waals surface area contributed by atoms with Gasteiger partial charge in [0.25, 0.3) is 0 Å². The molecule has 0 atom stereocenters. The molecule has 0 spiro atoms. The Balaban J connectivity index is 3.32. The molecule has 1 rings (SSSR count). The average Bonchev–Trinajstić information content (AvgIpc) is 2.53. The summed E-state index contributed by atoms with van der Waals surface area (Å²) in [5.41, 5.74) is -1.34. The Bertz CT molecular complexity index is 711. The maximum absolute atomic E-state index is 13.6.